The van der Waals surface area contributed by atoms with Crippen LogP contribution in [0.25, 0.3) is 0 Å². The van der Waals surface area contributed by atoms with E-state index in [4.69, 9.17) is 51.0 Å². The molecule has 1 aromatic heterocycles. The van der Waals surface area contributed by atoms with Crippen LogP contribution >= 0.6 is 0 Å². The fourth-order valence-corrected chi connectivity index (χ4v) is 7.72. The zero-order valence-electron chi connectivity index (χ0n) is 42.7. The minimum absolute atomic E-state index is 0.00550. The van der Waals surface area contributed by atoms with Crippen molar-refractivity contribution < 1.29 is 63.0 Å². The molecule has 1 aromatic rings. The van der Waals surface area contributed by atoms with E-state index >= 15 is 0 Å². The normalized spacial score (nSPS) is 15.6. The monoisotopic (exact) mass is 1090 g/mol. The van der Waals surface area contributed by atoms with Gasteiger partial charge in [-0.05, 0) is 77.2 Å². The molecule has 77 heavy (non-hydrogen) atoms. The first-order chi connectivity index (χ1) is 36.5. The summed E-state index contributed by atoms with van der Waals surface area (Å²) in [7, 11) is 0. The van der Waals surface area contributed by atoms with Crippen molar-refractivity contribution in [3.63, 3.8) is 0 Å². The molecular formula is C44H76N20O13. The van der Waals surface area contributed by atoms with Crippen LogP contribution in [0.3, 0.4) is 0 Å². The van der Waals surface area contributed by atoms with E-state index < -0.39 is 139 Å². The number of aliphatic carboxylic acids is 1. The van der Waals surface area contributed by atoms with Crippen LogP contribution in [0.1, 0.15) is 89.2 Å². The first-order valence-electron chi connectivity index (χ1n) is 24.8. The van der Waals surface area contributed by atoms with Crippen molar-refractivity contribution in [3.05, 3.63) is 18.2 Å². The number of rotatable bonds is 37. The minimum Gasteiger partial charge on any atom is -0.480 e. The van der Waals surface area contributed by atoms with Crippen molar-refractivity contribution in [1.29, 1.82) is 0 Å². The Morgan fingerprint density at radius 2 is 1.16 bits per heavy atom. The van der Waals surface area contributed by atoms with Crippen molar-refractivity contribution >= 4 is 77.0 Å². The van der Waals surface area contributed by atoms with Gasteiger partial charge < -0.3 is 103 Å². The lowest BCUT2D eigenvalue weighted by molar-refractivity contribution is -0.143. The van der Waals surface area contributed by atoms with Crippen LogP contribution < -0.4 is 83.1 Å². The molecule has 33 nitrogen and oxygen atoms in total. The molecule has 0 bridgehead atoms. The van der Waals surface area contributed by atoms with Gasteiger partial charge in [0.2, 0.25) is 59.1 Å². The molecule has 0 aliphatic carbocycles. The predicted molar refractivity (Wildman–Crippen MR) is 274 cm³/mol. The fourth-order valence-electron chi connectivity index (χ4n) is 7.72. The van der Waals surface area contributed by atoms with Gasteiger partial charge in [0.25, 0.3) is 0 Å². The highest BCUT2D eigenvalue weighted by Crippen LogP contribution is 2.21. The van der Waals surface area contributed by atoms with Crippen molar-refractivity contribution in [3.8, 4) is 0 Å². The van der Waals surface area contributed by atoms with Crippen LogP contribution in [0.4, 0.5) is 0 Å². The molecule has 1 saturated heterocycles. The number of hydrogen-bond donors (Lipinski definition) is 18. The van der Waals surface area contributed by atoms with E-state index in [1.54, 1.807) is 0 Å². The first kappa shape index (κ1) is 64.9. The van der Waals surface area contributed by atoms with Crippen molar-refractivity contribution in [2.75, 3.05) is 39.3 Å². The number of aromatic nitrogens is 2. The number of hydrogen-bond acceptors (Lipinski definition) is 17. The number of nitrogens with one attached hydrogen (secondary N) is 8. The van der Waals surface area contributed by atoms with Gasteiger partial charge in [-0.25, -0.2) is 4.98 Å². The zero-order valence-corrected chi connectivity index (χ0v) is 42.7. The topological polar surface area (TPSA) is 577 Å². The summed E-state index contributed by atoms with van der Waals surface area (Å²) in [6, 6.07) is -11.3. The lowest BCUT2D eigenvalue weighted by Crippen LogP contribution is -2.60. The number of guanidine groups is 2. The number of carbonyl (C=O) groups excluding carboxylic acids is 10. The van der Waals surface area contributed by atoms with E-state index in [0.717, 1.165) is 0 Å². The Hall–Kier alpha value is -8.20. The maximum Gasteiger partial charge on any atom is 0.322 e. The summed E-state index contributed by atoms with van der Waals surface area (Å²) in [6.07, 6.45) is 2.51. The largest absolute Gasteiger partial charge is 0.480 e. The zero-order chi connectivity index (χ0) is 57.6. The Morgan fingerprint density at radius 3 is 1.68 bits per heavy atom. The quantitative estimate of drug-likeness (QED) is 0.0167. The van der Waals surface area contributed by atoms with Gasteiger partial charge in [-0.15, -0.1) is 0 Å². The molecule has 1 aliphatic rings. The van der Waals surface area contributed by atoms with Gasteiger partial charge in [0, 0.05) is 50.8 Å². The van der Waals surface area contributed by atoms with E-state index in [-0.39, 0.29) is 102 Å². The van der Waals surface area contributed by atoms with E-state index in [9.17, 15) is 57.8 Å². The number of amides is 10. The Bertz CT molecular complexity index is 2220. The molecule has 0 radical (unpaired) electrons. The minimum atomic E-state index is -1.78. The highest BCUT2D eigenvalue weighted by Gasteiger charge is 2.40. The Kier molecular flexibility index (Phi) is 29.0. The second kappa shape index (κ2) is 34.4. The van der Waals surface area contributed by atoms with E-state index in [0.29, 0.717) is 18.5 Å². The number of carboxylic acids is 1. The molecule has 2 rings (SSSR count). The van der Waals surface area contributed by atoms with Crippen LogP contribution in [-0.2, 0) is 59.2 Å². The number of nitrogens with zero attached hydrogens (tertiary/aromatic N) is 4. The molecule has 430 valence electrons. The van der Waals surface area contributed by atoms with Gasteiger partial charge in [-0.2, -0.15) is 0 Å². The highest BCUT2D eigenvalue weighted by atomic mass is 16.4. The summed E-state index contributed by atoms with van der Waals surface area (Å²) in [5.74, 6) is -10.7. The van der Waals surface area contributed by atoms with E-state index in [1.807, 2.05) is 0 Å². The summed E-state index contributed by atoms with van der Waals surface area (Å²) in [5.41, 5.74) is 44.4. The lowest BCUT2D eigenvalue weighted by atomic mass is 10.0. The predicted octanol–water partition coefficient (Wildman–Crippen LogP) is -8.86. The Balaban J connectivity index is 2.38. The van der Waals surface area contributed by atoms with Crippen LogP contribution in [-0.4, -0.2) is 190 Å². The number of imidazole rings is 1. The van der Waals surface area contributed by atoms with Gasteiger partial charge in [0.1, 0.15) is 48.8 Å². The molecule has 2 heterocycles. The van der Waals surface area contributed by atoms with Gasteiger partial charge in [0.05, 0.1) is 19.0 Å². The molecule has 0 spiro atoms. The SMILES string of the molecule is NCCCC[C@H](NC(=O)[C@@H](N)CCC(N)=O)C(=O)N[C@@H](CCCN=C(N)N)C(=O)N1CCC[C@H]1C(=O)N[C@@H](CO)C(=O)N[C@@H](CCC(N)=O)C(=O)N[C@@H](CCCN=C(N)N)C(=O)N[C@@H](Cc1cnc[nH]1)C(=O)NCC(=O)O. The molecule has 1 aliphatic heterocycles. The van der Waals surface area contributed by atoms with Crippen LogP contribution in [0.5, 0.6) is 0 Å². The number of aliphatic imine (C=N–C) groups is 2. The lowest BCUT2D eigenvalue weighted by Gasteiger charge is -2.31. The summed E-state index contributed by atoms with van der Waals surface area (Å²) in [5, 5.41) is 36.6. The summed E-state index contributed by atoms with van der Waals surface area (Å²) >= 11 is 0. The van der Waals surface area contributed by atoms with Crippen molar-refractivity contribution in [2.45, 2.75) is 138 Å². The molecule has 26 N–H and O–H groups in total. The number of unbranched alkanes of at least 4 members (excludes halogenated alkanes) is 1. The van der Waals surface area contributed by atoms with E-state index in [1.165, 1.54) is 17.4 Å². The molecule has 0 saturated carbocycles. The number of carbonyl (C=O) groups is 11. The maximum absolute atomic E-state index is 14.4. The number of aromatic amines is 1. The maximum atomic E-state index is 14.4. The molecular weight excluding hydrogens is 1020 g/mol. The van der Waals surface area contributed by atoms with Crippen LogP contribution in [0.15, 0.2) is 22.5 Å². The number of aliphatic hydroxyl groups is 1. The number of H-pyrrole nitrogens is 1. The number of primary amides is 2. The standard InChI is InChI=1S/C44H76N20O13/c45-14-2-1-6-25(58-35(70)24(46)10-12-32(47)66)37(72)61-28(8-4-16-55-44(51)52)42(77)64-17-5-9-31(64)41(76)63-30(21-65)40(75)60-27(11-13-33(48)67)39(74)59-26(7-3-15-54-43(49)50)38(73)62-29(18-23-19-53-22-57-23)36(71)56-20-34(68)69/h19,22,24-31,65H,1-18,20-21,45-46H2,(H2,47,66)(H2,48,67)(H,53,57)(H,56,71)(H,58,70)(H,59,74)(H,60,75)(H,61,72)(H,62,73)(H,63,76)(H,68,69)(H4,49,50,54)(H4,51,52,55)/t24-,25-,26-,27-,28-,29-,30-,31-/m0/s1. The van der Waals surface area contributed by atoms with Gasteiger partial charge in [-0.1, -0.05) is 0 Å². The van der Waals surface area contributed by atoms with Gasteiger partial charge >= 0.3 is 5.97 Å². The fraction of sp³-hybridized carbons (Fsp3) is 0.636. The van der Waals surface area contributed by atoms with Crippen molar-refractivity contribution in [1.82, 2.24) is 52.1 Å². The Labute approximate surface area is 442 Å². The first-order valence-corrected chi connectivity index (χ1v) is 24.8. The summed E-state index contributed by atoms with van der Waals surface area (Å²) < 4.78 is 0. The third-order valence-electron chi connectivity index (χ3n) is 11.7. The summed E-state index contributed by atoms with van der Waals surface area (Å²) in [6.45, 7) is -1.54. The molecule has 0 aromatic carbocycles. The smallest absolute Gasteiger partial charge is 0.322 e. The molecule has 0 unspecified atom stereocenters. The third kappa shape index (κ3) is 24.8. The molecule has 1 fully saturated rings. The second-order valence-electron chi connectivity index (χ2n) is 17.9. The number of carboxylic acid groups (broad SMARTS) is 1. The van der Waals surface area contributed by atoms with Crippen LogP contribution in [0, 0.1) is 0 Å². The number of likely N-dealkylation sites (tertiary alicyclic amines) is 1. The second-order valence-corrected chi connectivity index (χ2v) is 17.9. The number of aliphatic hydroxyl groups excluding tert-OH is 1. The Morgan fingerprint density at radius 1 is 0.649 bits per heavy atom. The van der Waals surface area contributed by atoms with Gasteiger partial charge in [-0.3, -0.25) is 62.7 Å². The average Bonchev–Trinajstić information content (AvgIpc) is 4.09. The molecule has 8 atom stereocenters. The third-order valence-corrected chi connectivity index (χ3v) is 11.7. The highest BCUT2D eigenvalue weighted by molar-refractivity contribution is 5.98. The van der Waals surface area contributed by atoms with Crippen molar-refractivity contribution in [2.24, 2.45) is 55.9 Å². The van der Waals surface area contributed by atoms with Crippen LogP contribution in [0.2, 0.25) is 0 Å². The van der Waals surface area contributed by atoms with Gasteiger partial charge in [0.15, 0.2) is 11.9 Å². The summed E-state index contributed by atoms with van der Waals surface area (Å²) in [4.78, 5) is 160. The van der Waals surface area contributed by atoms with E-state index in [2.05, 4.69) is 57.2 Å². The molecule has 10 amide bonds. The number of nitrogens with two attached hydrogens (primary N) is 8. The molecule has 33 heteroatoms. The average molecular weight is 1090 g/mol.